The third-order valence-electron chi connectivity index (χ3n) is 5.59. The molecule has 1 heterocycles. The zero-order valence-corrected chi connectivity index (χ0v) is 17.1. The number of rotatable bonds is 9. The number of aliphatic hydroxyl groups is 3. The molecule has 2 aromatic rings. The zero-order chi connectivity index (χ0) is 21.5. The van der Waals surface area contributed by atoms with Gasteiger partial charge in [-0.3, -0.25) is 0 Å². The smallest absolute Gasteiger partial charge is 0.160 e. The van der Waals surface area contributed by atoms with E-state index in [0.29, 0.717) is 18.7 Å². The van der Waals surface area contributed by atoms with Crippen molar-refractivity contribution >= 4 is 0 Å². The summed E-state index contributed by atoms with van der Waals surface area (Å²) in [6.07, 6.45) is -2.00. The lowest BCUT2D eigenvalue weighted by Gasteiger charge is -2.37. The summed E-state index contributed by atoms with van der Waals surface area (Å²) in [6, 6.07) is 15.3. The number of ether oxygens (including phenoxy) is 2. The van der Waals surface area contributed by atoms with Crippen LogP contribution < -0.4 is 10.1 Å². The van der Waals surface area contributed by atoms with Crippen LogP contribution in [0.5, 0.6) is 11.5 Å². The van der Waals surface area contributed by atoms with Gasteiger partial charge in [-0.2, -0.15) is 0 Å². The maximum Gasteiger partial charge on any atom is 0.160 e. The van der Waals surface area contributed by atoms with Crippen molar-refractivity contribution < 1.29 is 29.9 Å². The van der Waals surface area contributed by atoms with Crippen LogP contribution in [-0.2, 0) is 17.7 Å². The summed E-state index contributed by atoms with van der Waals surface area (Å²) in [4.78, 5) is 0. The van der Waals surface area contributed by atoms with Gasteiger partial charge in [0, 0.05) is 12.6 Å². The summed E-state index contributed by atoms with van der Waals surface area (Å²) in [5, 5.41) is 43.3. The number of hydrogen-bond donors (Lipinski definition) is 5. The minimum Gasteiger partial charge on any atom is -0.504 e. The second-order valence-electron chi connectivity index (χ2n) is 7.76. The Morgan fingerprint density at radius 3 is 2.57 bits per heavy atom. The molecule has 5 atom stereocenters. The van der Waals surface area contributed by atoms with Gasteiger partial charge in [0.05, 0.1) is 19.8 Å². The van der Waals surface area contributed by atoms with Crippen LogP contribution in [0.3, 0.4) is 0 Å². The van der Waals surface area contributed by atoms with Gasteiger partial charge in [0.25, 0.3) is 0 Å². The first-order valence-electron chi connectivity index (χ1n) is 10.3. The molecule has 0 spiro atoms. The number of benzene rings is 2. The molecular weight excluding hydrogens is 386 g/mol. The van der Waals surface area contributed by atoms with Gasteiger partial charge in [-0.25, -0.2) is 0 Å². The minimum atomic E-state index is -1.21. The van der Waals surface area contributed by atoms with Crippen LogP contribution in [0.2, 0.25) is 0 Å². The van der Waals surface area contributed by atoms with Gasteiger partial charge in [-0.05, 0) is 42.5 Å². The van der Waals surface area contributed by atoms with Crippen LogP contribution in [0.15, 0.2) is 48.5 Å². The first kappa shape index (κ1) is 22.5. The van der Waals surface area contributed by atoms with Gasteiger partial charge in [0.2, 0.25) is 0 Å². The Morgan fingerprint density at radius 2 is 1.83 bits per heavy atom. The molecular formula is C23H31NO6. The summed E-state index contributed by atoms with van der Waals surface area (Å²) >= 11 is 0. The van der Waals surface area contributed by atoms with E-state index in [4.69, 9.17) is 9.47 Å². The Labute approximate surface area is 176 Å². The van der Waals surface area contributed by atoms with Gasteiger partial charge >= 0.3 is 0 Å². The number of phenolic OH excluding ortho intramolecular Hbond substituents is 1. The molecule has 1 saturated heterocycles. The van der Waals surface area contributed by atoms with Crippen molar-refractivity contribution in [3.05, 3.63) is 59.7 Å². The van der Waals surface area contributed by atoms with Crippen LogP contribution in [0.25, 0.3) is 0 Å². The lowest BCUT2D eigenvalue weighted by molar-refractivity contribution is -0.189. The third-order valence-corrected chi connectivity index (χ3v) is 5.59. The molecule has 1 aliphatic rings. The number of methoxy groups -OCH3 is 1. The SMILES string of the molecule is COc1cc(CCC(CC2OC[C@@H](O)[C@H](O)[C@H]2O)NCc2ccccc2)ccc1O. The Bertz CT molecular complexity index is 787. The molecule has 2 unspecified atom stereocenters. The van der Waals surface area contributed by atoms with E-state index in [1.165, 1.54) is 7.11 Å². The molecule has 7 nitrogen and oxygen atoms in total. The second kappa shape index (κ2) is 10.7. The molecule has 1 aliphatic heterocycles. The lowest BCUT2D eigenvalue weighted by atomic mass is 9.92. The van der Waals surface area contributed by atoms with Crippen LogP contribution >= 0.6 is 0 Å². The molecule has 0 radical (unpaired) electrons. The summed E-state index contributed by atoms with van der Waals surface area (Å²) in [5.41, 5.74) is 2.17. The highest BCUT2D eigenvalue weighted by atomic mass is 16.5. The van der Waals surface area contributed by atoms with Gasteiger partial charge in [0.1, 0.15) is 18.3 Å². The van der Waals surface area contributed by atoms with Crippen molar-refractivity contribution in [1.82, 2.24) is 5.32 Å². The molecule has 2 aromatic carbocycles. The molecule has 7 heteroatoms. The molecule has 0 amide bonds. The van der Waals surface area contributed by atoms with Crippen LogP contribution in [0.1, 0.15) is 24.0 Å². The fourth-order valence-electron chi connectivity index (χ4n) is 3.73. The van der Waals surface area contributed by atoms with E-state index in [1.54, 1.807) is 6.07 Å². The molecule has 30 heavy (non-hydrogen) atoms. The van der Waals surface area contributed by atoms with Crippen molar-refractivity contribution in [3.63, 3.8) is 0 Å². The number of hydrogen-bond acceptors (Lipinski definition) is 7. The number of nitrogens with one attached hydrogen (secondary N) is 1. The Hall–Kier alpha value is -2.16. The van der Waals surface area contributed by atoms with Gasteiger partial charge < -0.3 is 35.2 Å². The first-order valence-corrected chi connectivity index (χ1v) is 10.3. The molecule has 0 saturated carbocycles. The standard InChI is InChI=1S/C23H31NO6/c1-29-20-11-15(8-10-18(20)25)7-9-17(24-13-16-5-3-2-4-6-16)12-21-23(28)22(27)19(26)14-30-21/h2-6,8,10-11,17,19,21-28H,7,9,12-14H2,1H3/t17?,19-,21?,22+,23+/m1/s1. The van der Waals surface area contributed by atoms with E-state index in [-0.39, 0.29) is 18.4 Å². The summed E-state index contributed by atoms with van der Waals surface area (Å²) in [7, 11) is 1.52. The molecule has 164 valence electrons. The largest absolute Gasteiger partial charge is 0.504 e. The average Bonchev–Trinajstić information content (AvgIpc) is 2.77. The predicted octanol–water partition coefficient (Wildman–Crippen LogP) is 1.36. The van der Waals surface area contributed by atoms with Gasteiger partial charge in [-0.1, -0.05) is 36.4 Å². The maximum absolute atomic E-state index is 10.3. The van der Waals surface area contributed by atoms with E-state index in [0.717, 1.165) is 24.0 Å². The van der Waals surface area contributed by atoms with E-state index in [1.807, 2.05) is 42.5 Å². The Morgan fingerprint density at radius 1 is 1.07 bits per heavy atom. The average molecular weight is 418 g/mol. The fourth-order valence-corrected chi connectivity index (χ4v) is 3.73. The van der Waals surface area contributed by atoms with E-state index in [2.05, 4.69) is 5.32 Å². The quantitative estimate of drug-likeness (QED) is 0.419. The molecule has 0 bridgehead atoms. The van der Waals surface area contributed by atoms with Crippen molar-refractivity contribution in [2.75, 3.05) is 13.7 Å². The van der Waals surface area contributed by atoms with Crippen molar-refractivity contribution in [2.45, 2.75) is 56.3 Å². The molecule has 1 fully saturated rings. The molecule has 5 N–H and O–H groups in total. The highest BCUT2D eigenvalue weighted by molar-refractivity contribution is 5.41. The summed E-state index contributed by atoms with van der Waals surface area (Å²) in [5.74, 6) is 0.538. The predicted molar refractivity (Wildman–Crippen MR) is 112 cm³/mol. The first-order chi connectivity index (χ1) is 14.5. The van der Waals surface area contributed by atoms with Gasteiger partial charge in [-0.15, -0.1) is 0 Å². The lowest BCUT2D eigenvalue weighted by Crippen LogP contribution is -2.54. The van der Waals surface area contributed by atoms with Crippen molar-refractivity contribution in [2.24, 2.45) is 0 Å². The van der Waals surface area contributed by atoms with Crippen molar-refractivity contribution in [1.29, 1.82) is 0 Å². The highest BCUT2D eigenvalue weighted by Gasteiger charge is 2.38. The van der Waals surface area contributed by atoms with E-state index < -0.39 is 24.4 Å². The molecule has 0 aliphatic carbocycles. The van der Waals surface area contributed by atoms with E-state index in [9.17, 15) is 20.4 Å². The van der Waals surface area contributed by atoms with Crippen LogP contribution in [0, 0.1) is 0 Å². The number of phenols is 1. The Balaban J connectivity index is 1.65. The fraction of sp³-hybridized carbons (Fsp3) is 0.478. The molecule has 0 aromatic heterocycles. The van der Waals surface area contributed by atoms with E-state index >= 15 is 0 Å². The zero-order valence-electron chi connectivity index (χ0n) is 17.1. The normalized spacial score (nSPS) is 25.1. The highest BCUT2D eigenvalue weighted by Crippen LogP contribution is 2.27. The number of aryl methyl sites for hydroxylation is 1. The van der Waals surface area contributed by atoms with Crippen LogP contribution in [0.4, 0.5) is 0 Å². The van der Waals surface area contributed by atoms with Crippen molar-refractivity contribution in [3.8, 4) is 11.5 Å². The third kappa shape index (κ3) is 5.93. The monoisotopic (exact) mass is 417 g/mol. The number of aliphatic hydroxyl groups excluding tert-OH is 3. The second-order valence-corrected chi connectivity index (χ2v) is 7.76. The number of aromatic hydroxyl groups is 1. The summed E-state index contributed by atoms with van der Waals surface area (Å²) in [6.45, 7) is 0.669. The van der Waals surface area contributed by atoms with Gasteiger partial charge in [0.15, 0.2) is 11.5 Å². The Kier molecular flexibility index (Phi) is 8.07. The topological polar surface area (TPSA) is 111 Å². The molecule has 3 rings (SSSR count). The maximum atomic E-state index is 10.3. The van der Waals surface area contributed by atoms with Crippen LogP contribution in [-0.4, -0.2) is 64.6 Å². The summed E-state index contributed by atoms with van der Waals surface area (Å²) < 4.78 is 10.8. The minimum absolute atomic E-state index is 0.00343.